The van der Waals surface area contributed by atoms with E-state index >= 15 is 0 Å². The minimum Gasteiger partial charge on any atom is -0.393 e. The average Bonchev–Trinajstić information content (AvgIpc) is 2.30. The number of amides is 2. The van der Waals surface area contributed by atoms with E-state index in [1.54, 1.807) is 6.92 Å². The highest BCUT2D eigenvalue weighted by Crippen LogP contribution is 2.21. The molecule has 2 unspecified atom stereocenters. The Morgan fingerprint density at radius 3 is 2.82 bits per heavy atom. The molecule has 1 aliphatic rings. The van der Waals surface area contributed by atoms with Gasteiger partial charge in [0.25, 0.3) is 0 Å². The number of hydrogen-bond donors (Lipinski definition) is 3. The summed E-state index contributed by atoms with van der Waals surface area (Å²) in [6.07, 6.45) is 4.52. The highest BCUT2D eigenvalue weighted by atomic mass is 16.3. The van der Waals surface area contributed by atoms with E-state index in [0.29, 0.717) is 25.7 Å². The monoisotopic (exact) mass is 240 g/mol. The summed E-state index contributed by atoms with van der Waals surface area (Å²) in [7, 11) is 0. The molecule has 0 saturated heterocycles. The lowest BCUT2D eigenvalue weighted by Crippen LogP contribution is -2.44. The lowest BCUT2D eigenvalue weighted by atomic mass is 9.92. The number of carbonyl (C=O) groups is 2. The van der Waals surface area contributed by atoms with E-state index in [4.69, 9.17) is 5.73 Å². The summed E-state index contributed by atoms with van der Waals surface area (Å²) in [5.41, 5.74) is 6.33. The fourth-order valence-electron chi connectivity index (χ4n) is 1.84. The second kappa shape index (κ2) is 6.39. The van der Waals surface area contributed by atoms with Crippen molar-refractivity contribution in [3.63, 3.8) is 0 Å². The molecule has 0 saturated carbocycles. The number of nitrogens with two attached hydrogens (primary N) is 1. The van der Waals surface area contributed by atoms with Gasteiger partial charge in [-0.1, -0.05) is 18.6 Å². The smallest absolute Gasteiger partial charge is 0.240 e. The molecule has 96 valence electrons. The summed E-state index contributed by atoms with van der Waals surface area (Å²) in [5, 5.41) is 12.0. The van der Waals surface area contributed by atoms with Crippen LogP contribution in [-0.4, -0.2) is 29.1 Å². The fraction of sp³-hybridized carbons (Fsp3) is 0.667. The van der Waals surface area contributed by atoms with E-state index < -0.39 is 11.9 Å². The highest BCUT2D eigenvalue weighted by Gasteiger charge is 2.21. The van der Waals surface area contributed by atoms with E-state index in [2.05, 4.69) is 5.32 Å². The lowest BCUT2D eigenvalue weighted by molar-refractivity contribution is -0.127. The minimum absolute atomic E-state index is 0.176. The topological polar surface area (TPSA) is 92.4 Å². The van der Waals surface area contributed by atoms with Crippen LogP contribution in [0, 0.1) is 0 Å². The molecule has 4 N–H and O–H groups in total. The molecule has 0 fully saturated rings. The summed E-state index contributed by atoms with van der Waals surface area (Å²) >= 11 is 0. The first-order chi connectivity index (χ1) is 8.02. The second-order valence-electron chi connectivity index (χ2n) is 4.37. The largest absolute Gasteiger partial charge is 0.393 e. The van der Waals surface area contributed by atoms with Crippen LogP contribution in [0.3, 0.4) is 0 Å². The molecule has 5 nitrogen and oxygen atoms in total. The number of carbonyl (C=O) groups excluding carboxylic acids is 2. The zero-order chi connectivity index (χ0) is 12.8. The Kier molecular flexibility index (Phi) is 5.15. The van der Waals surface area contributed by atoms with Crippen molar-refractivity contribution in [2.45, 2.75) is 51.2 Å². The van der Waals surface area contributed by atoms with Gasteiger partial charge in [0.15, 0.2) is 0 Å². The third kappa shape index (κ3) is 4.56. The SMILES string of the molecule is CCC(=O)NC(CC1=CCC(O)CC1)C(N)=O. The number of primary amides is 1. The Hall–Kier alpha value is -1.36. The number of hydrogen-bond acceptors (Lipinski definition) is 3. The molecule has 0 aromatic heterocycles. The van der Waals surface area contributed by atoms with E-state index in [1.807, 2.05) is 6.08 Å². The van der Waals surface area contributed by atoms with Crippen LogP contribution >= 0.6 is 0 Å². The maximum atomic E-state index is 11.2. The molecule has 17 heavy (non-hydrogen) atoms. The van der Waals surface area contributed by atoms with E-state index in [0.717, 1.165) is 12.0 Å². The first-order valence-corrected chi connectivity index (χ1v) is 5.97. The molecule has 0 bridgehead atoms. The highest BCUT2D eigenvalue weighted by molar-refractivity contribution is 5.86. The predicted octanol–water partition coefficient (Wildman–Crippen LogP) is 0.228. The van der Waals surface area contributed by atoms with Crippen LogP contribution in [0.15, 0.2) is 11.6 Å². The standard InChI is InChI=1S/C12H20N2O3/c1-2-11(16)14-10(12(13)17)7-8-3-5-9(15)6-4-8/h3,9-10,15H,2,4-7H2,1H3,(H2,13,17)(H,14,16). The Morgan fingerprint density at radius 2 is 2.35 bits per heavy atom. The number of aliphatic hydroxyl groups excluding tert-OH is 1. The molecular weight excluding hydrogens is 220 g/mol. The first-order valence-electron chi connectivity index (χ1n) is 5.97. The Bertz CT molecular complexity index is 326. The molecule has 0 radical (unpaired) electrons. The molecule has 2 amide bonds. The third-order valence-corrected chi connectivity index (χ3v) is 2.94. The Labute approximate surface area is 101 Å². The zero-order valence-electron chi connectivity index (χ0n) is 10.1. The summed E-state index contributed by atoms with van der Waals surface area (Å²) < 4.78 is 0. The van der Waals surface area contributed by atoms with Gasteiger partial charge in [-0.3, -0.25) is 9.59 Å². The van der Waals surface area contributed by atoms with Crippen LogP contribution in [0.5, 0.6) is 0 Å². The van der Waals surface area contributed by atoms with Gasteiger partial charge in [-0.25, -0.2) is 0 Å². The molecule has 5 heteroatoms. The van der Waals surface area contributed by atoms with Gasteiger partial charge in [0.05, 0.1) is 6.10 Å². The van der Waals surface area contributed by atoms with E-state index in [1.165, 1.54) is 0 Å². The summed E-state index contributed by atoms with van der Waals surface area (Å²) in [5.74, 6) is -0.691. The Balaban J connectivity index is 2.55. The average molecular weight is 240 g/mol. The van der Waals surface area contributed by atoms with Crippen molar-refractivity contribution in [1.29, 1.82) is 0 Å². The van der Waals surface area contributed by atoms with Crippen LogP contribution in [-0.2, 0) is 9.59 Å². The van der Waals surface area contributed by atoms with Crippen molar-refractivity contribution in [2.75, 3.05) is 0 Å². The van der Waals surface area contributed by atoms with Gasteiger partial charge in [-0.2, -0.15) is 0 Å². The van der Waals surface area contributed by atoms with Crippen molar-refractivity contribution in [3.05, 3.63) is 11.6 Å². The van der Waals surface area contributed by atoms with Crippen molar-refractivity contribution in [3.8, 4) is 0 Å². The zero-order valence-corrected chi connectivity index (χ0v) is 10.1. The Morgan fingerprint density at radius 1 is 1.65 bits per heavy atom. The molecule has 2 atom stereocenters. The molecular formula is C12H20N2O3. The summed E-state index contributed by atoms with van der Waals surface area (Å²) in [4.78, 5) is 22.5. The lowest BCUT2D eigenvalue weighted by Gasteiger charge is -2.21. The summed E-state index contributed by atoms with van der Waals surface area (Å²) in [6.45, 7) is 1.73. The van der Waals surface area contributed by atoms with E-state index in [9.17, 15) is 14.7 Å². The van der Waals surface area contributed by atoms with Gasteiger partial charge in [0.1, 0.15) is 6.04 Å². The fourth-order valence-corrected chi connectivity index (χ4v) is 1.84. The minimum atomic E-state index is -0.635. The molecule has 0 aromatic rings. The molecule has 1 rings (SSSR count). The summed E-state index contributed by atoms with van der Waals surface area (Å²) in [6, 6.07) is -0.635. The van der Waals surface area contributed by atoms with Gasteiger partial charge >= 0.3 is 0 Å². The van der Waals surface area contributed by atoms with Crippen molar-refractivity contribution < 1.29 is 14.7 Å². The molecule has 0 spiro atoms. The van der Waals surface area contributed by atoms with Gasteiger partial charge in [-0.15, -0.1) is 0 Å². The van der Waals surface area contributed by atoms with Crippen LogP contribution in [0.1, 0.15) is 39.0 Å². The molecule has 1 aliphatic carbocycles. The number of aliphatic hydroxyl groups is 1. The van der Waals surface area contributed by atoms with Crippen LogP contribution < -0.4 is 11.1 Å². The number of nitrogens with one attached hydrogen (secondary N) is 1. The quantitative estimate of drug-likeness (QED) is 0.600. The van der Waals surface area contributed by atoms with E-state index in [-0.39, 0.29) is 12.0 Å². The normalized spacial score (nSPS) is 21.5. The van der Waals surface area contributed by atoms with Gasteiger partial charge in [0, 0.05) is 6.42 Å². The predicted molar refractivity (Wildman–Crippen MR) is 64.0 cm³/mol. The van der Waals surface area contributed by atoms with Crippen LogP contribution in [0.4, 0.5) is 0 Å². The molecule has 0 heterocycles. The van der Waals surface area contributed by atoms with Crippen molar-refractivity contribution >= 4 is 11.8 Å². The second-order valence-corrected chi connectivity index (χ2v) is 4.37. The number of rotatable bonds is 5. The molecule has 0 aliphatic heterocycles. The van der Waals surface area contributed by atoms with Crippen molar-refractivity contribution in [1.82, 2.24) is 5.32 Å². The van der Waals surface area contributed by atoms with Gasteiger partial charge in [0.2, 0.25) is 11.8 Å². The van der Waals surface area contributed by atoms with Gasteiger partial charge in [-0.05, 0) is 25.7 Å². The van der Waals surface area contributed by atoms with Crippen molar-refractivity contribution in [2.24, 2.45) is 5.73 Å². The van der Waals surface area contributed by atoms with Crippen LogP contribution in [0.2, 0.25) is 0 Å². The van der Waals surface area contributed by atoms with Gasteiger partial charge < -0.3 is 16.2 Å². The third-order valence-electron chi connectivity index (χ3n) is 2.94. The maximum absolute atomic E-state index is 11.2. The maximum Gasteiger partial charge on any atom is 0.240 e. The molecule has 0 aromatic carbocycles. The van der Waals surface area contributed by atoms with Crippen LogP contribution in [0.25, 0.3) is 0 Å². The first kappa shape index (κ1) is 13.7.